The molecule has 0 unspecified atom stereocenters. The molecule has 0 aliphatic heterocycles. The van der Waals surface area contributed by atoms with Crippen molar-refractivity contribution in [2.75, 3.05) is 7.11 Å². The Labute approximate surface area is 104 Å². The van der Waals surface area contributed by atoms with Crippen molar-refractivity contribution in [3.63, 3.8) is 0 Å². The molecule has 0 saturated heterocycles. The molecule has 0 N–H and O–H groups in total. The molecule has 3 nitrogen and oxygen atoms in total. The maximum absolute atomic E-state index is 9.45. The molecule has 5 heteroatoms. The van der Waals surface area contributed by atoms with E-state index < -0.39 is 6.10 Å². The first-order valence-electron chi connectivity index (χ1n) is 1.63. The summed E-state index contributed by atoms with van der Waals surface area (Å²) in [5, 5.41) is 0. The van der Waals surface area contributed by atoms with Crippen molar-refractivity contribution in [1.29, 1.82) is 0 Å². The van der Waals surface area contributed by atoms with Crippen LogP contribution in [0.1, 0.15) is 0 Å². The van der Waals surface area contributed by atoms with E-state index in [4.69, 9.17) is 0 Å². The molecule has 0 aromatic rings. The summed E-state index contributed by atoms with van der Waals surface area (Å²) in [6.07, 6.45) is 1.49. The molecule has 0 bridgehead atoms. The fourth-order valence-electron chi connectivity index (χ4n) is 0.120. The minimum Gasteiger partial charge on any atom is -0.542 e. The molecule has 0 fully saturated rings. The first kappa shape index (κ1) is 16.9. The second-order valence-corrected chi connectivity index (χ2v) is 0.851. The van der Waals surface area contributed by atoms with Gasteiger partial charge in [0.05, 0.1) is 0 Å². The van der Waals surface area contributed by atoms with Crippen LogP contribution in [0.25, 0.3) is 0 Å². The summed E-state index contributed by atoms with van der Waals surface area (Å²) in [5.41, 5.74) is 0. The Balaban J connectivity index is -0.000000180. The number of hydrogen-bond donors (Lipinski definition) is 0. The predicted molar refractivity (Wildman–Crippen MR) is 22.2 cm³/mol. The quantitative estimate of drug-likeness (QED) is 0.502. The molecule has 0 aliphatic carbocycles. The third-order valence-corrected chi connectivity index (χ3v) is 0.450. The number of methoxy groups -OCH3 is 1. The molecule has 2 radical (unpaired) electrons. The van der Waals surface area contributed by atoms with Crippen LogP contribution in [0.3, 0.4) is 0 Å². The Morgan fingerprint density at radius 3 is 1.56 bits per heavy atom. The summed E-state index contributed by atoms with van der Waals surface area (Å²) in [6, 6.07) is 0. The number of carbonyl (C=O) groups excluding carboxylic acids is 2. The van der Waals surface area contributed by atoms with Gasteiger partial charge in [-0.1, -0.05) is 0 Å². The minimum absolute atomic E-state index is 0. The summed E-state index contributed by atoms with van der Waals surface area (Å²) >= 11 is 0. The number of ether oxygens (including phenoxy) is 1. The van der Waals surface area contributed by atoms with Crippen LogP contribution in [0.5, 0.6) is 0 Å². The van der Waals surface area contributed by atoms with Crippen LogP contribution in [0.15, 0.2) is 0 Å². The van der Waals surface area contributed by atoms with Crippen molar-refractivity contribution in [3.05, 3.63) is 0 Å². The summed E-state index contributed by atoms with van der Waals surface area (Å²) in [7, 11) is 1.24. The van der Waals surface area contributed by atoms with E-state index in [0.717, 1.165) is 0 Å². The van der Waals surface area contributed by atoms with Crippen LogP contribution in [0.2, 0.25) is 0 Å². The smallest absolute Gasteiger partial charge is 0.0295 e. The Morgan fingerprint density at radius 1 is 1.22 bits per heavy atom. The molecule has 0 spiro atoms. The molecule has 0 aromatic heterocycles. The van der Waals surface area contributed by atoms with E-state index >= 15 is 0 Å². The van der Waals surface area contributed by atoms with E-state index in [1.165, 1.54) is 19.7 Å². The van der Waals surface area contributed by atoms with Gasteiger partial charge < -0.3 is 14.3 Å². The summed E-state index contributed by atoms with van der Waals surface area (Å²) in [6.45, 7) is 0. The third-order valence-electron chi connectivity index (χ3n) is 0.450. The first-order chi connectivity index (χ1) is 3.35. The monoisotopic (exact) mass is 278 g/mol. The van der Waals surface area contributed by atoms with Crippen LogP contribution < -0.4 is 0 Å². The Kier molecular flexibility index (Phi) is 22.9. The van der Waals surface area contributed by atoms with Crippen molar-refractivity contribution in [2.45, 2.75) is 6.10 Å². The average Bonchev–Trinajstić information content (AvgIpc) is 1.72. The molecule has 0 saturated carbocycles. The average molecular weight is 278 g/mol. The molecule has 46 valence electrons. The van der Waals surface area contributed by atoms with E-state index in [1.807, 2.05) is 0 Å². The first-order valence-corrected chi connectivity index (χ1v) is 1.63. The van der Waals surface area contributed by atoms with Crippen LogP contribution in [-0.4, -0.2) is 25.8 Å². The van der Waals surface area contributed by atoms with E-state index in [9.17, 15) is 9.59 Å². The van der Waals surface area contributed by atoms with Crippen LogP contribution in [0, 0.1) is 0 Å². The Bertz CT molecular complexity index is 68.2. The van der Waals surface area contributed by atoms with Gasteiger partial charge in [-0.15, -0.1) is 6.10 Å². The Morgan fingerprint density at radius 2 is 1.56 bits per heavy atom. The topological polar surface area (TPSA) is 43.4 Å². The second-order valence-electron chi connectivity index (χ2n) is 0.851. The van der Waals surface area contributed by atoms with Gasteiger partial charge in [0, 0.05) is 72.5 Å². The maximum atomic E-state index is 9.45. The predicted octanol–water partition coefficient (Wildman–Crippen LogP) is -0.784. The molecule has 0 aromatic carbocycles. The summed E-state index contributed by atoms with van der Waals surface area (Å²) in [5.74, 6) is 0. The number of hydrogen-bond acceptors (Lipinski definition) is 3. The van der Waals surface area contributed by atoms with Gasteiger partial charge in [-0.05, 0) is 0 Å². The fraction of sp³-hybridized carbons (Fsp3) is 0.500. The van der Waals surface area contributed by atoms with Gasteiger partial charge >= 0.3 is 0 Å². The SMILES string of the molecule is COC([C-]=O)[C-]=O.[Y].[Y]. The zero-order valence-corrected chi connectivity index (χ0v) is 10.6. The number of rotatable bonds is 3. The van der Waals surface area contributed by atoms with E-state index in [0.29, 0.717) is 0 Å². The van der Waals surface area contributed by atoms with Crippen molar-refractivity contribution in [2.24, 2.45) is 0 Å². The van der Waals surface area contributed by atoms with Gasteiger partial charge in [0.2, 0.25) is 0 Å². The van der Waals surface area contributed by atoms with Gasteiger partial charge in [0.1, 0.15) is 0 Å². The molecule has 0 heterocycles. The van der Waals surface area contributed by atoms with Gasteiger partial charge in [0.25, 0.3) is 0 Å². The summed E-state index contributed by atoms with van der Waals surface area (Å²) < 4.78 is 4.20. The minimum atomic E-state index is -1.13. The summed E-state index contributed by atoms with van der Waals surface area (Å²) in [4.78, 5) is 18.9. The van der Waals surface area contributed by atoms with Crippen molar-refractivity contribution < 1.29 is 79.7 Å². The Hall–Kier alpha value is 1.51. The molecular weight excluding hydrogens is 274 g/mol. The zero-order valence-electron chi connectivity index (χ0n) is 4.96. The van der Waals surface area contributed by atoms with Gasteiger partial charge in [-0.3, -0.25) is 12.6 Å². The van der Waals surface area contributed by atoms with Crippen molar-refractivity contribution in [1.82, 2.24) is 0 Å². The van der Waals surface area contributed by atoms with Gasteiger partial charge in [0.15, 0.2) is 0 Å². The normalized spacial score (nSPS) is 6.89. The standard InChI is InChI=1S/C4H4O3.2Y/c1-7-4(2-5)3-6;;/h4H,1H3;;/q-2;;. The van der Waals surface area contributed by atoms with Crippen LogP contribution >= 0.6 is 0 Å². The fourth-order valence-corrected chi connectivity index (χ4v) is 0.120. The molecular formula is C4H4O3Y2-2. The van der Waals surface area contributed by atoms with Crippen LogP contribution in [0.4, 0.5) is 0 Å². The van der Waals surface area contributed by atoms with E-state index in [-0.39, 0.29) is 65.4 Å². The van der Waals surface area contributed by atoms with Gasteiger partial charge in [-0.2, -0.15) is 0 Å². The molecule has 0 atom stereocenters. The third kappa shape index (κ3) is 9.51. The van der Waals surface area contributed by atoms with Crippen LogP contribution in [-0.2, 0) is 79.7 Å². The van der Waals surface area contributed by atoms with E-state index in [1.54, 1.807) is 0 Å². The largest absolute Gasteiger partial charge is 0.542 e. The van der Waals surface area contributed by atoms with Crippen molar-refractivity contribution >= 4 is 12.6 Å². The molecule has 0 rings (SSSR count). The second kappa shape index (κ2) is 12.2. The van der Waals surface area contributed by atoms with E-state index in [2.05, 4.69) is 4.74 Å². The maximum Gasteiger partial charge on any atom is 0.0295 e. The molecule has 0 amide bonds. The molecule has 0 aliphatic rings. The molecule has 9 heavy (non-hydrogen) atoms. The zero-order chi connectivity index (χ0) is 5.70. The van der Waals surface area contributed by atoms with Gasteiger partial charge in [-0.25, -0.2) is 0 Å². The van der Waals surface area contributed by atoms with Crippen molar-refractivity contribution in [3.8, 4) is 0 Å².